The van der Waals surface area contributed by atoms with E-state index in [1.807, 2.05) is 12.1 Å². The second kappa shape index (κ2) is 7.47. The van der Waals surface area contributed by atoms with Crippen molar-refractivity contribution in [3.05, 3.63) is 34.9 Å². The van der Waals surface area contributed by atoms with Crippen LogP contribution in [0.3, 0.4) is 0 Å². The Labute approximate surface area is 138 Å². The van der Waals surface area contributed by atoms with Crippen molar-refractivity contribution in [2.75, 3.05) is 13.1 Å². The summed E-state index contributed by atoms with van der Waals surface area (Å²) < 4.78 is 0. The second-order valence-corrected chi connectivity index (χ2v) is 7.10. The minimum Gasteiger partial charge on any atom is -0.353 e. The van der Waals surface area contributed by atoms with Gasteiger partial charge in [-0.25, -0.2) is 0 Å². The van der Waals surface area contributed by atoms with E-state index in [1.165, 1.54) is 31.2 Å². The van der Waals surface area contributed by atoms with Crippen molar-refractivity contribution in [3.8, 4) is 0 Å². The van der Waals surface area contributed by atoms with Crippen LogP contribution in [0.5, 0.6) is 0 Å². The maximum atomic E-state index is 12.3. The molecule has 3 rings (SSSR count). The lowest BCUT2D eigenvalue weighted by Gasteiger charge is -2.31. The summed E-state index contributed by atoms with van der Waals surface area (Å²) in [6.45, 7) is 2.96. The molecule has 1 saturated carbocycles. The number of hydrogen-bond donors (Lipinski definition) is 1. The van der Waals surface area contributed by atoms with Crippen LogP contribution in [-0.4, -0.2) is 29.9 Å². The summed E-state index contributed by atoms with van der Waals surface area (Å²) in [5.41, 5.74) is 1.29. The van der Waals surface area contributed by atoms with Crippen LogP contribution >= 0.6 is 11.6 Å². The van der Waals surface area contributed by atoms with Gasteiger partial charge in [0.1, 0.15) is 0 Å². The van der Waals surface area contributed by atoms with Gasteiger partial charge in [0, 0.05) is 23.5 Å². The van der Waals surface area contributed by atoms with Crippen LogP contribution in [0.2, 0.25) is 5.02 Å². The molecule has 1 aliphatic carbocycles. The van der Waals surface area contributed by atoms with Gasteiger partial charge in [-0.1, -0.05) is 36.6 Å². The number of hydrogen-bond acceptors (Lipinski definition) is 2. The Kier molecular flexibility index (Phi) is 5.37. The van der Waals surface area contributed by atoms with Crippen LogP contribution in [0.15, 0.2) is 24.3 Å². The number of amides is 1. The Morgan fingerprint density at radius 3 is 2.36 bits per heavy atom. The molecule has 1 aromatic rings. The normalized spacial score (nSPS) is 21.1. The predicted octanol–water partition coefficient (Wildman–Crippen LogP) is 3.61. The van der Waals surface area contributed by atoms with Gasteiger partial charge in [0.25, 0.3) is 0 Å². The summed E-state index contributed by atoms with van der Waals surface area (Å²) >= 11 is 5.92. The molecule has 1 saturated heterocycles. The van der Waals surface area contributed by atoms with Gasteiger partial charge in [-0.3, -0.25) is 9.69 Å². The van der Waals surface area contributed by atoms with E-state index in [0.29, 0.717) is 6.04 Å². The van der Waals surface area contributed by atoms with Crippen molar-refractivity contribution in [3.63, 3.8) is 0 Å². The van der Waals surface area contributed by atoms with Crippen LogP contribution in [0, 0.1) is 5.92 Å². The number of likely N-dealkylation sites (tertiary alicyclic amines) is 1. The summed E-state index contributed by atoms with van der Waals surface area (Å²) in [6, 6.07) is 8.50. The molecule has 1 amide bonds. The van der Waals surface area contributed by atoms with Crippen LogP contribution in [0.1, 0.15) is 44.1 Å². The summed E-state index contributed by atoms with van der Waals surface area (Å²) in [5, 5.41) is 4.03. The van der Waals surface area contributed by atoms with E-state index in [-0.39, 0.29) is 11.8 Å². The summed E-state index contributed by atoms with van der Waals surface area (Å²) in [7, 11) is 0. The van der Waals surface area contributed by atoms with E-state index < -0.39 is 0 Å². The highest BCUT2D eigenvalue weighted by atomic mass is 35.5. The fourth-order valence-electron chi connectivity index (χ4n) is 3.59. The number of nitrogens with one attached hydrogen (secondary N) is 1. The monoisotopic (exact) mass is 320 g/mol. The van der Waals surface area contributed by atoms with Crippen molar-refractivity contribution in [2.24, 2.45) is 5.92 Å². The van der Waals surface area contributed by atoms with Gasteiger partial charge in [-0.2, -0.15) is 0 Å². The number of piperidine rings is 1. The first-order valence-corrected chi connectivity index (χ1v) is 8.86. The zero-order valence-electron chi connectivity index (χ0n) is 13.1. The predicted molar refractivity (Wildman–Crippen MR) is 89.9 cm³/mol. The topological polar surface area (TPSA) is 32.3 Å². The van der Waals surface area contributed by atoms with E-state index in [4.69, 9.17) is 11.6 Å². The zero-order valence-corrected chi connectivity index (χ0v) is 13.8. The second-order valence-electron chi connectivity index (χ2n) is 6.67. The quantitative estimate of drug-likeness (QED) is 0.919. The van der Waals surface area contributed by atoms with Gasteiger partial charge in [0.15, 0.2) is 0 Å². The Morgan fingerprint density at radius 2 is 1.73 bits per heavy atom. The van der Waals surface area contributed by atoms with Crippen molar-refractivity contribution in [2.45, 2.75) is 51.1 Å². The van der Waals surface area contributed by atoms with E-state index >= 15 is 0 Å². The van der Waals surface area contributed by atoms with Crippen LogP contribution in [0.25, 0.3) is 0 Å². The maximum Gasteiger partial charge on any atom is 0.223 e. The molecular weight excluding hydrogens is 296 g/mol. The van der Waals surface area contributed by atoms with Gasteiger partial charge in [0.2, 0.25) is 5.91 Å². The minimum absolute atomic E-state index is 0.210. The number of nitrogens with zero attached hydrogens (tertiary/aromatic N) is 1. The molecule has 4 heteroatoms. The Bertz CT molecular complexity index is 488. The molecule has 0 atom stereocenters. The maximum absolute atomic E-state index is 12.3. The molecule has 0 radical (unpaired) electrons. The summed E-state index contributed by atoms with van der Waals surface area (Å²) in [4.78, 5) is 14.7. The highest BCUT2D eigenvalue weighted by Crippen LogP contribution is 2.22. The van der Waals surface area contributed by atoms with Crippen molar-refractivity contribution < 1.29 is 4.79 Å². The van der Waals surface area contributed by atoms with Crippen molar-refractivity contribution in [1.82, 2.24) is 10.2 Å². The highest BCUT2D eigenvalue weighted by Gasteiger charge is 2.27. The SMILES string of the molecule is O=C(NC1CCCC1)C1CCN(Cc2ccc(Cl)cc2)CC1. The molecule has 0 bridgehead atoms. The van der Waals surface area contributed by atoms with Crippen LogP contribution in [-0.2, 0) is 11.3 Å². The van der Waals surface area contributed by atoms with E-state index in [9.17, 15) is 4.79 Å². The molecule has 3 nitrogen and oxygen atoms in total. The molecular formula is C18H25ClN2O. The third kappa shape index (κ3) is 4.23. The number of halogens is 1. The molecule has 1 heterocycles. The summed E-state index contributed by atoms with van der Waals surface area (Å²) in [5.74, 6) is 0.500. The first-order chi connectivity index (χ1) is 10.7. The smallest absolute Gasteiger partial charge is 0.223 e. The van der Waals surface area contributed by atoms with Gasteiger partial charge in [0.05, 0.1) is 0 Å². The number of carbonyl (C=O) groups is 1. The number of carbonyl (C=O) groups excluding carboxylic acids is 1. The first kappa shape index (κ1) is 15.8. The number of rotatable bonds is 4. The minimum atomic E-state index is 0.210. The molecule has 1 aromatic carbocycles. The Balaban J connectivity index is 1.43. The molecule has 22 heavy (non-hydrogen) atoms. The lowest BCUT2D eigenvalue weighted by molar-refractivity contribution is -0.127. The summed E-state index contributed by atoms with van der Waals surface area (Å²) in [6.07, 6.45) is 6.83. The fraction of sp³-hybridized carbons (Fsp3) is 0.611. The van der Waals surface area contributed by atoms with Gasteiger partial charge in [-0.05, 0) is 56.5 Å². The molecule has 1 N–H and O–H groups in total. The molecule has 2 aliphatic rings. The van der Waals surface area contributed by atoms with E-state index in [1.54, 1.807) is 0 Å². The molecule has 2 fully saturated rings. The van der Waals surface area contributed by atoms with Crippen LogP contribution in [0.4, 0.5) is 0 Å². The molecule has 0 spiro atoms. The third-order valence-corrected chi connectivity index (χ3v) is 5.23. The third-order valence-electron chi connectivity index (χ3n) is 4.98. The lowest BCUT2D eigenvalue weighted by atomic mass is 9.95. The largest absolute Gasteiger partial charge is 0.353 e. The first-order valence-electron chi connectivity index (χ1n) is 8.48. The van der Waals surface area contributed by atoms with Crippen molar-refractivity contribution >= 4 is 17.5 Å². The van der Waals surface area contributed by atoms with Gasteiger partial charge >= 0.3 is 0 Å². The molecule has 120 valence electrons. The number of benzene rings is 1. The Hall–Kier alpha value is -1.06. The average Bonchev–Trinajstić information content (AvgIpc) is 3.03. The fourth-order valence-corrected chi connectivity index (χ4v) is 3.72. The standard InChI is InChI=1S/C18H25ClN2O/c19-16-7-5-14(6-8-16)13-21-11-9-15(10-12-21)18(22)20-17-3-1-2-4-17/h5-8,15,17H,1-4,9-13H2,(H,20,22). The lowest BCUT2D eigenvalue weighted by Crippen LogP contribution is -2.42. The molecule has 0 aromatic heterocycles. The van der Waals surface area contributed by atoms with Crippen molar-refractivity contribution in [1.29, 1.82) is 0 Å². The van der Waals surface area contributed by atoms with E-state index in [0.717, 1.165) is 37.5 Å². The average molecular weight is 321 g/mol. The molecule has 0 unspecified atom stereocenters. The van der Waals surface area contributed by atoms with Gasteiger partial charge in [-0.15, -0.1) is 0 Å². The molecule has 1 aliphatic heterocycles. The zero-order chi connectivity index (χ0) is 15.4. The highest BCUT2D eigenvalue weighted by molar-refractivity contribution is 6.30. The van der Waals surface area contributed by atoms with Crippen LogP contribution < -0.4 is 5.32 Å². The van der Waals surface area contributed by atoms with Gasteiger partial charge < -0.3 is 5.32 Å². The Morgan fingerprint density at radius 1 is 1.09 bits per heavy atom. The van der Waals surface area contributed by atoms with E-state index in [2.05, 4.69) is 22.3 Å².